The van der Waals surface area contributed by atoms with Gasteiger partial charge in [0.2, 0.25) is 5.75 Å². The zero-order chi connectivity index (χ0) is 13.7. The Labute approximate surface area is 108 Å². The summed E-state index contributed by atoms with van der Waals surface area (Å²) in [5.74, 6) is 1.59. The first-order valence-corrected chi connectivity index (χ1v) is 5.65. The summed E-state index contributed by atoms with van der Waals surface area (Å²) in [7, 11) is 4.64. The highest BCUT2D eigenvalue weighted by molar-refractivity contribution is 5.54. The summed E-state index contributed by atoms with van der Waals surface area (Å²) in [5, 5.41) is 10.1. The smallest absolute Gasteiger partial charge is 0.203 e. The maximum atomic E-state index is 10.1. The van der Waals surface area contributed by atoms with Crippen LogP contribution in [0.4, 0.5) is 0 Å². The molecule has 0 aliphatic carbocycles. The van der Waals surface area contributed by atoms with Crippen LogP contribution in [-0.4, -0.2) is 26.4 Å². The Morgan fingerprint density at radius 2 is 1.67 bits per heavy atom. The summed E-state index contributed by atoms with van der Waals surface area (Å²) in [6.07, 6.45) is -0.130. The molecule has 0 saturated carbocycles. The average Bonchev–Trinajstić information content (AvgIpc) is 2.35. The van der Waals surface area contributed by atoms with Gasteiger partial charge in [-0.2, -0.15) is 0 Å². The van der Waals surface area contributed by atoms with E-state index in [2.05, 4.69) is 6.58 Å². The van der Waals surface area contributed by atoms with Gasteiger partial charge in [-0.3, -0.25) is 0 Å². The Balaban J connectivity index is 3.18. The number of benzene rings is 1. The lowest BCUT2D eigenvalue weighted by Crippen LogP contribution is -2.01. The lowest BCUT2D eigenvalue weighted by Gasteiger charge is -2.17. The van der Waals surface area contributed by atoms with E-state index in [1.54, 1.807) is 33.5 Å². The van der Waals surface area contributed by atoms with Gasteiger partial charge in [0.1, 0.15) is 0 Å². The molecule has 4 nitrogen and oxygen atoms in total. The minimum absolute atomic E-state index is 0.499. The van der Waals surface area contributed by atoms with Crippen molar-refractivity contribution in [1.82, 2.24) is 0 Å². The van der Waals surface area contributed by atoms with Gasteiger partial charge in [0.05, 0.1) is 27.4 Å². The highest BCUT2D eigenvalue weighted by atomic mass is 16.5. The molecule has 1 atom stereocenters. The third-order valence-electron chi connectivity index (χ3n) is 2.61. The molecule has 0 aliphatic rings. The number of hydrogen-bond acceptors (Lipinski definition) is 4. The van der Waals surface area contributed by atoms with Crippen LogP contribution in [-0.2, 0) is 0 Å². The van der Waals surface area contributed by atoms with E-state index in [0.29, 0.717) is 29.2 Å². The summed E-state index contributed by atoms with van der Waals surface area (Å²) in [6.45, 7) is 5.67. The van der Waals surface area contributed by atoms with Crippen molar-refractivity contribution in [2.45, 2.75) is 19.4 Å². The van der Waals surface area contributed by atoms with Crippen LogP contribution in [0.25, 0.3) is 0 Å². The second-order valence-corrected chi connectivity index (χ2v) is 4.14. The molecule has 1 N–H and O–H groups in total. The van der Waals surface area contributed by atoms with Crippen LogP contribution in [0, 0.1) is 0 Å². The second-order valence-electron chi connectivity index (χ2n) is 4.14. The second kappa shape index (κ2) is 6.31. The van der Waals surface area contributed by atoms with Gasteiger partial charge in [-0.1, -0.05) is 5.57 Å². The predicted octanol–water partition coefficient (Wildman–Crippen LogP) is 2.71. The van der Waals surface area contributed by atoms with Crippen molar-refractivity contribution in [3.05, 3.63) is 29.8 Å². The fourth-order valence-electron chi connectivity index (χ4n) is 1.74. The van der Waals surface area contributed by atoms with Crippen molar-refractivity contribution in [3.8, 4) is 17.2 Å². The maximum Gasteiger partial charge on any atom is 0.203 e. The van der Waals surface area contributed by atoms with Gasteiger partial charge in [-0.15, -0.1) is 6.58 Å². The monoisotopic (exact) mass is 252 g/mol. The van der Waals surface area contributed by atoms with Gasteiger partial charge in [-0.05, 0) is 31.0 Å². The average molecular weight is 252 g/mol. The van der Waals surface area contributed by atoms with Crippen molar-refractivity contribution in [1.29, 1.82) is 0 Å². The fraction of sp³-hybridized carbons (Fsp3) is 0.429. The Kier molecular flexibility index (Phi) is 5.04. The van der Waals surface area contributed by atoms with E-state index in [4.69, 9.17) is 14.2 Å². The first-order chi connectivity index (χ1) is 8.53. The normalized spacial score (nSPS) is 11.8. The molecular formula is C14H20O4. The van der Waals surface area contributed by atoms with Crippen molar-refractivity contribution in [2.24, 2.45) is 0 Å². The van der Waals surface area contributed by atoms with Gasteiger partial charge in [-0.25, -0.2) is 0 Å². The van der Waals surface area contributed by atoms with Crippen LogP contribution in [0.2, 0.25) is 0 Å². The Morgan fingerprint density at radius 3 is 2.00 bits per heavy atom. The third-order valence-corrected chi connectivity index (χ3v) is 2.61. The minimum Gasteiger partial charge on any atom is -0.493 e. The number of methoxy groups -OCH3 is 3. The van der Waals surface area contributed by atoms with Crippen LogP contribution in [0.3, 0.4) is 0 Å². The number of ether oxygens (including phenoxy) is 3. The zero-order valence-electron chi connectivity index (χ0n) is 11.3. The molecule has 0 heterocycles. The molecule has 0 fully saturated rings. The Bertz CT molecular complexity index is 401. The van der Waals surface area contributed by atoms with Crippen molar-refractivity contribution in [3.63, 3.8) is 0 Å². The molecule has 0 spiro atoms. The summed E-state index contributed by atoms with van der Waals surface area (Å²) in [6, 6.07) is 3.49. The SMILES string of the molecule is C=C(C)CC(O)c1cc(OC)c(OC)c(OC)c1. The van der Waals surface area contributed by atoms with E-state index in [9.17, 15) is 5.11 Å². The van der Waals surface area contributed by atoms with Crippen LogP contribution < -0.4 is 14.2 Å². The molecule has 18 heavy (non-hydrogen) atoms. The van der Waals surface area contributed by atoms with E-state index in [1.807, 2.05) is 6.92 Å². The highest BCUT2D eigenvalue weighted by Gasteiger charge is 2.17. The van der Waals surface area contributed by atoms with E-state index in [0.717, 1.165) is 5.57 Å². The molecule has 0 aliphatic heterocycles. The molecule has 1 aromatic carbocycles. The first kappa shape index (κ1) is 14.4. The van der Waals surface area contributed by atoms with Crippen LogP contribution in [0.5, 0.6) is 17.2 Å². The minimum atomic E-state index is -0.629. The van der Waals surface area contributed by atoms with E-state index < -0.39 is 6.10 Å². The molecule has 0 saturated heterocycles. The molecule has 1 unspecified atom stereocenters. The maximum absolute atomic E-state index is 10.1. The summed E-state index contributed by atoms with van der Waals surface area (Å²) in [4.78, 5) is 0. The number of aliphatic hydroxyl groups is 1. The number of aliphatic hydroxyl groups excluding tert-OH is 1. The van der Waals surface area contributed by atoms with Crippen LogP contribution in [0.15, 0.2) is 24.3 Å². The lowest BCUT2D eigenvalue weighted by molar-refractivity contribution is 0.177. The Hall–Kier alpha value is -1.68. The number of hydrogen-bond donors (Lipinski definition) is 1. The fourth-order valence-corrected chi connectivity index (χ4v) is 1.74. The van der Waals surface area contributed by atoms with Crippen molar-refractivity contribution >= 4 is 0 Å². The summed E-state index contributed by atoms with van der Waals surface area (Å²) in [5.41, 5.74) is 1.63. The third kappa shape index (κ3) is 3.17. The highest BCUT2D eigenvalue weighted by Crippen LogP contribution is 2.40. The Morgan fingerprint density at radius 1 is 1.17 bits per heavy atom. The molecule has 0 bridgehead atoms. The molecule has 100 valence electrons. The van der Waals surface area contributed by atoms with Gasteiger partial charge >= 0.3 is 0 Å². The molecule has 4 heteroatoms. The van der Waals surface area contributed by atoms with Crippen molar-refractivity contribution < 1.29 is 19.3 Å². The van der Waals surface area contributed by atoms with E-state index >= 15 is 0 Å². The van der Waals surface area contributed by atoms with Gasteiger partial charge in [0.25, 0.3) is 0 Å². The summed E-state index contributed by atoms with van der Waals surface area (Å²) < 4.78 is 15.7. The number of rotatable bonds is 6. The standard InChI is InChI=1S/C14H20O4/c1-9(2)6-11(15)10-7-12(16-3)14(18-5)13(8-10)17-4/h7-8,11,15H,1,6H2,2-5H3. The van der Waals surface area contributed by atoms with Gasteiger partial charge in [0, 0.05) is 0 Å². The molecule has 1 aromatic rings. The topological polar surface area (TPSA) is 47.9 Å². The molecule has 0 radical (unpaired) electrons. The molecule has 0 aromatic heterocycles. The zero-order valence-corrected chi connectivity index (χ0v) is 11.3. The van der Waals surface area contributed by atoms with Gasteiger partial charge in [0.15, 0.2) is 11.5 Å². The predicted molar refractivity (Wildman–Crippen MR) is 70.5 cm³/mol. The van der Waals surface area contributed by atoms with Crippen LogP contribution in [0.1, 0.15) is 25.0 Å². The van der Waals surface area contributed by atoms with Gasteiger partial charge < -0.3 is 19.3 Å². The first-order valence-electron chi connectivity index (χ1n) is 5.65. The molecular weight excluding hydrogens is 232 g/mol. The van der Waals surface area contributed by atoms with Crippen LogP contribution >= 0.6 is 0 Å². The van der Waals surface area contributed by atoms with E-state index in [1.165, 1.54) is 0 Å². The largest absolute Gasteiger partial charge is 0.493 e. The lowest BCUT2D eigenvalue weighted by atomic mass is 10.0. The summed E-state index contributed by atoms with van der Waals surface area (Å²) >= 11 is 0. The quantitative estimate of drug-likeness (QED) is 0.791. The van der Waals surface area contributed by atoms with Crippen molar-refractivity contribution in [2.75, 3.05) is 21.3 Å². The molecule has 0 amide bonds. The van der Waals surface area contributed by atoms with E-state index in [-0.39, 0.29) is 0 Å². The molecule has 1 rings (SSSR count).